The largest absolute Gasteiger partial charge is 0.338 e. The first-order valence-electron chi connectivity index (χ1n) is 8.87. The van der Waals surface area contributed by atoms with E-state index in [2.05, 4.69) is 72.6 Å². The number of benzene rings is 2. The maximum Gasteiger partial charge on any atom is 0.240 e. The van der Waals surface area contributed by atoms with Gasteiger partial charge in [-0.15, -0.1) is 0 Å². The van der Waals surface area contributed by atoms with Crippen molar-refractivity contribution in [2.24, 2.45) is 5.92 Å². The molecule has 0 radical (unpaired) electrons. The molecule has 0 amide bonds. The lowest BCUT2D eigenvalue weighted by atomic mass is 9.96. The summed E-state index contributed by atoms with van der Waals surface area (Å²) in [6.45, 7) is 7.11. The molecule has 0 aliphatic heterocycles. The predicted molar refractivity (Wildman–Crippen MR) is 100.0 cm³/mol. The van der Waals surface area contributed by atoms with Gasteiger partial charge in [-0.3, -0.25) is 0 Å². The number of hydrogen-bond donors (Lipinski definition) is 1. The van der Waals surface area contributed by atoms with Crippen LogP contribution in [0.15, 0.2) is 59.1 Å². The molecule has 1 N–H and O–H groups in total. The van der Waals surface area contributed by atoms with Gasteiger partial charge in [0.05, 0.1) is 6.54 Å². The molecule has 0 aliphatic rings. The van der Waals surface area contributed by atoms with Crippen LogP contribution in [0.2, 0.25) is 0 Å². The number of rotatable bonds is 7. The summed E-state index contributed by atoms with van der Waals surface area (Å²) in [5.41, 5.74) is 3.56. The van der Waals surface area contributed by atoms with E-state index in [-0.39, 0.29) is 6.04 Å². The molecule has 0 saturated heterocycles. The Balaban J connectivity index is 1.68. The first-order chi connectivity index (χ1) is 12.2. The van der Waals surface area contributed by atoms with Gasteiger partial charge in [0.25, 0.3) is 0 Å². The molecule has 4 heteroatoms. The van der Waals surface area contributed by atoms with E-state index in [1.165, 1.54) is 11.1 Å². The van der Waals surface area contributed by atoms with Crippen molar-refractivity contribution >= 4 is 0 Å². The summed E-state index contributed by atoms with van der Waals surface area (Å²) in [5.74, 6) is 1.71. The molecule has 1 atom stereocenters. The van der Waals surface area contributed by atoms with Crippen LogP contribution in [0.1, 0.15) is 43.8 Å². The lowest BCUT2D eigenvalue weighted by Gasteiger charge is -2.22. The normalized spacial score (nSPS) is 12.5. The average molecular weight is 335 g/mol. The summed E-state index contributed by atoms with van der Waals surface area (Å²) in [5, 5.41) is 7.65. The number of aromatic nitrogens is 2. The van der Waals surface area contributed by atoms with E-state index >= 15 is 0 Å². The van der Waals surface area contributed by atoms with Crippen molar-refractivity contribution in [3.8, 4) is 11.4 Å². The lowest BCUT2D eigenvalue weighted by molar-refractivity contribution is 0.338. The minimum absolute atomic E-state index is 0.250. The summed E-state index contributed by atoms with van der Waals surface area (Å²) < 4.78 is 5.42. The highest BCUT2D eigenvalue weighted by Crippen LogP contribution is 2.22. The number of aryl methyl sites for hydroxylation is 1. The van der Waals surface area contributed by atoms with E-state index in [4.69, 9.17) is 4.52 Å². The van der Waals surface area contributed by atoms with Crippen molar-refractivity contribution in [3.05, 3.63) is 71.6 Å². The van der Waals surface area contributed by atoms with Gasteiger partial charge < -0.3 is 9.84 Å². The van der Waals surface area contributed by atoms with Gasteiger partial charge in [-0.2, -0.15) is 4.98 Å². The molecule has 0 aliphatic carbocycles. The Hall–Kier alpha value is -2.46. The Morgan fingerprint density at radius 3 is 2.36 bits per heavy atom. The van der Waals surface area contributed by atoms with Crippen molar-refractivity contribution in [2.75, 3.05) is 0 Å². The first-order valence-corrected chi connectivity index (χ1v) is 8.87. The van der Waals surface area contributed by atoms with E-state index in [9.17, 15) is 0 Å². The quantitative estimate of drug-likeness (QED) is 0.675. The molecule has 130 valence electrons. The third-order valence-electron chi connectivity index (χ3n) is 4.39. The molecule has 0 fully saturated rings. The molecule has 25 heavy (non-hydrogen) atoms. The Labute approximate surface area is 149 Å². The van der Waals surface area contributed by atoms with Crippen LogP contribution < -0.4 is 5.32 Å². The van der Waals surface area contributed by atoms with Crippen molar-refractivity contribution in [1.29, 1.82) is 0 Å². The lowest BCUT2D eigenvalue weighted by Crippen LogP contribution is -2.25. The maximum atomic E-state index is 5.42. The molecular weight excluding hydrogens is 310 g/mol. The zero-order valence-corrected chi connectivity index (χ0v) is 15.1. The minimum atomic E-state index is 0.250. The first kappa shape index (κ1) is 17.4. The van der Waals surface area contributed by atoms with E-state index in [1.807, 2.05) is 18.2 Å². The minimum Gasteiger partial charge on any atom is -0.338 e. The molecular formula is C21H25N3O. The standard InChI is InChI=1S/C21H25N3O/c1-4-16-10-12-18(13-11-16)21-23-19(25-24-21)14-22-20(15(2)3)17-8-6-5-7-9-17/h5-13,15,20,22H,4,14H2,1-3H3. The van der Waals surface area contributed by atoms with Gasteiger partial charge in [-0.1, -0.05) is 80.5 Å². The van der Waals surface area contributed by atoms with E-state index < -0.39 is 0 Å². The van der Waals surface area contributed by atoms with Gasteiger partial charge in [0.1, 0.15) is 0 Å². The van der Waals surface area contributed by atoms with Crippen molar-refractivity contribution in [1.82, 2.24) is 15.5 Å². The molecule has 0 saturated carbocycles. The second-order valence-electron chi connectivity index (χ2n) is 6.58. The summed E-state index contributed by atoms with van der Waals surface area (Å²) in [7, 11) is 0. The second-order valence-corrected chi connectivity index (χ2v) is 6.58. The Bertz CT molecular complexity index is 778. The molecule has 1 aromatic heterocycles. The van der Waals surface area contributed by atoms with E-state index in [0.717, 1.165) is 12.0 Å². The Morgan fingerprint density at radius 2 is 1.72 bits per heavy atom. The highest BCUT2D eigenvalue weighted by molar-refractivity contribution is 5.54. The smallest absolute Gasteiger partial charge is 0.240 e. The number of nitrogens with one attached hydrogen (secondary N) is 1. The highest BCUT2D eigenvalue weighted by atomic mass is 16.5. The maximum absolute atomic E-state index is 5.42. The average Bonchev–Trinajstić information content (AvgIpc) is 3.11. The van der Waals surface area contributed by atoms with Crippen LogP contribution in [0.3, 0.4) is 0 Å². The molecule has 4 nitrogen and oxygen atoms in total. The molecule has 0 bridgehead atoms. The molecule has 3 rings (SSSR count). The zero-order chi connectivity index (χ0) is 17.6. The second kappa shape index (κ2) is 8.08. The van der Waals surface area contributed by atoms with Crippen LogP contribution in [-0.2, 0) is 13.0 Å². The van der Waals surface area contributed by atoms with Gasteiger partial charge in [-0.25, -0.2) is 0 Å². The summed E-state index contributed by atoms with van der Waals surface area (Å²) in [4.78, 5) is 4.52. The summed E-state index contributed by atoms with van der Waals surface area (Å²) in [6, 6.07) is 19.0. The van der Waals surface area contributed by atoms with Gasteiger partial charge in [0.2, 0.25) is 11.7 Å². The van der Waals surface area contributed by atoms with E-state index in [0.29, 0.717) is 24.2 Å². The Kier molecular flexibility index (Phi) is 5.61. The van der Waals surface area contributed by atoms with Gasteiger partial charge in [-0.05, 0) is 23.5 Å². The van der Waals surface area contributed by atoms with Gasteiger partial charge in [0, 0.05) is 11.6 Å². The fourth-order valence-electron chi connectivity index (χ4n) is 2.93. The number of nitrogens with zero attached hydrogens (tertiary/aromatic N) is 2. The molecule has 2 aromatic carbocycles. The van der Waals surface area contributed by atoms with Crippen LogP contribution in [-0.4, -0.2) is 10.1 Å². The monoisotopic (exact) mass is 335 g/mol. The van der Waals surface area contributed by atoms with E-state index in [1.54, 1.807) is 0 Å². The predicted octanol–water partition coefficient (Wildman–Crippen LogP) is 4.79. The SMILES string of the molecule is CCc1ccc(-c2noc(CNC(c3ccccc3)C(C)C)n2)cc1. The van der Waals surface area contributed by atoms with Crippen LogP contribution >= 0.6 is 0 Å². The Morgan fingerprint density at radius 1 is 1.00 bits per heavy atom. The zero-order valence-electron chi connectivity index (χ0n) is 15.1. The highest BCUT2D eigenvalue weighted by Gasteiger charge is 2.16. The third-order valence-corrected chi connectivity index (χ3v) is 4.39. The van der Waals surface area contributed by atoms with Gasteiger partial charge >= 0.3 is 0 Å². The fourth-order valence-corrected chi connectivity index (χ4v) is 2.93. The van der Waals surface area contributed by atoms with Gasteiger partial charge in [0.15, 0.2) is 0 Å². The van der Waals surface area contributed by atoms with Crippen LogP contribution in [0.25, 0.3) is 11.4 Å². The van der Waals surface area contributed by atoms with Crippen molar-refractivity contribution in [2.45, 2.75) is 39.8 Å². The molecule has 0 spiro atoms. The topological polar surface area (TPSA) is 51.0 Å². The van der Waals surface area contributed by atoms with Crippen LogP contribution in [0, 0.1) is 5.92 Å². The molecule has 1 unspecified atom stereocenters. The molecule has 3 aromatic rings. The summed E-state index contributed by atoms with van der Waals surface area (Å²) >= 11 is 0. The number of hydrogen-bond acceptors (Lipinski definition) is 4. The van der Waals surface area contributed by atoms with Crippen molar-refractivity contribution in [3.63, 3.8) is 0 Å². The molecule has 1 heterocycles. The summed E-state index contributed by atoms with van der Waals surface area (Å²) in [6.07, 6.45) is 1.03. The fraction of sp³-hybridized carbons (Fsp3) is 0.333. The van der Waals surface area contributed by atoms with Crippen LogP contribution in [0.4, 0.5) is 0 Å². The van der Waals surface area contributed by atoms with Crippen molar-refractivity contribution < 1.29 is 4.52 Å². The third kappa shape index (κ3) is 4.34. The van der Waals surface area contributed by atoms with Crippen LogP contribution in [0.5, 0.6) is 0 Å².